The summed E-state index contributed by atoms with van der Waals surface area (Å²) < 4.78 is 0. The summed E-state index contributed by atoms with van der Waals surface area (Å²) in [4.78, 5) is 5.08. The van der Waals surface area contributed by atoms with Gasteiger partial charge in [0, 0.05) is 11.1 Å². The molecule has 0 amide bonds. The van der Waals surface area contributed by atoms with Gasteiger partial charge in [-0.05, 0) is 54.7 Å². The van der Waals surface area contributed by atoms with Crippen molar-refractivity contribution < 1.29 is 0 Å². The lowest BCUT2D eigenvalue weighted by molar-refractivity contribution is 0.153. The second kappa shape index (κ2) is 6.33. The first-order chi connectivity index (χ1) is 12.1. The van der Waals surface area contributed by atoms with Crippen LogP contribution in [0.1, 0.15) is 50.7 Å². The van der Waals surface area contributed by atoms with Gasteiger partial charge in [-0.3, -0.25) is 4.99 Å². The Hall–Kier alpha value is -2.09. The third kappa shape index (κ3) is 3.35. The molecule has 2 aromatic carbocycles. The first kappa shape index (κ1) is 16.4. The summed E-state index contributed by atoms with van der Waals surface area (Å²) in [5, 5.41) is 3.71. The van der Waals surface area contributed by atoms with E-state index >= 15 is 0 Å². The molecule has 0 aromatic heterocycles. The predicted molar refractivity (Wildman–Crippen MR) is 106 cm³/mol. The molecule has 0 radical (unpaired) electrons. The van der Waals surface area contributed by atoms with Crippen LogP contribution in [-0.4, -0.2) is 5.84 Å². The van der Waals surface area contributed by atoms with E-state index in [2.05, 4.69) is 73.8 Å². The highest BCUT2D eigenvalue weighted by atomic mass is 15.0. The molecule has 4 rings (SSSR count). The van der Waals surface area contributed by atoms with Crippen molar-refractivity contribution in [1.29, 1.82) is 0 Å². The molecule has 0 bridgehead atoms. The minimum Gasteiger partial charge on any atom is -0.343 e. The summed E-state index contributed by atoms with van der Waals surface area (Å²) in [7, 11) is 0. The molecule has 1 spiro atoms. The molecule has 0 unspecified atom stereocenters. The number of benzene rings is 2. The number of aliphatic imine (C=N–C) groups is 1. The summed E-state index contributed by atoms with van der Waals surface area (Å²) in [6.45, 7) is 5.58. The van der Waals surface area contributed by atoms with Crippen molar-refractivity contribution in [3.63, 3.8) is 0 Å². The fraction of sp³-hybridized carbons (Fsp3) is 0.435. The van der Waals surface area contributed by atoms with E-state index < -0.39 is 0 Å². The Bertz CT molecular complexity index is 764. The van der Waals surface area contributed by atoms with Gasteiger partial charge >= 0.3 is 0 Å². The average Bonchev–Trinajstić information content (AvgIpc) is 2.63. The van der Waals surface area contributed by atoms with Gasteiger partial charge in [0.15, 0.2) is 0 Å². The number of anilines is 1. The van der Waals surface area contributed by atoms with Crippen LogP contribution in [0.25, 0.3) is 0 Å². The lowest BCUT2D eigenvalue weighted by atomic mass is 9.61. The van der Waals surface area contributed by atoms with Crippen molar-refractivity contribution in [1.82, 2.24) is 0 Å². The Labute approximate surface area is 151 Å². The lowest BCUT2D eigenvalue weighted by Gasteiger charge is -2.47. The van der Waals surface area contributed by atoms with E-state index in [1.165, 1.54) is 48.3 Å². The maximum absolute atomic E-state index is 5.08. The van der Waals surface area contributed by atoms with E-state index in [4.69, 9.17) is 4.99 Å². The lowest BCUT2D eigenvalue weighted by Crippen LogP contribution is -2.45. The molecule has 1 N–H and O–H groups in total. The van der Waals surface area contributed by atoms with Gasteiger partial charge in [-0.1, -0.05) is 62.4 Å². The third-order valence-electron chi connectivity index (χ3n) is 6.12. The van der Waals surface area contributed by atoms with E-state index in [1.54, 1.807) is 0 Å². The van der Waals surface area contributed by atoms with E-state index in [9.17, 15) is 0 Å². The van der Waals surface area contributed by atoms with E-state index in [0.29, 0.717) is 5.41 Å². The Kier molecular flexibility index (Phi) is 4.15. The molecule has 1 aliphatic carbocycles. The third-order valence-corrected chi connectivity index (χ3v) is 6.12. The highest BCUT2D eigenvalue weighted by Gasteiger charge is 2.44. The normalized spacial score (nSPS) is 22.4. The quantitative estimate of drug-likeness (QED) is 0.734. The summed E-state index contributed by atoms with van der Waals surface area (Å²) in [5.41, 5.74) is 4.62. The monoisotopic (exact) mass is 332 g/mol. The summed E-state index contributed by atoms with van der Waals surface area (Å²) >= 11 is 0. The average molecular weight is 332 g/mol. The van der Waals surface area contributed by atoms with Crippen LogP contribution < -0.4 is 5.32 Å². The zero-order chi connectivity index (χ0) is 17.3. The molecule has 1 aliphatic heterocycles. The fourth-order valence-corrected chi connectivity index (χ4v) is 4.28. The van der Waals surface area contributed by atoms with Gasteiger partial charge in [0.25, 0.3) is 0 Å². The molecule has 2 aromatic rings. The van der Waals surface area contributed by atoms with Crippen molar-refractivity contribution in [2.75, 3.05) is 5.32 Å². The number of hydrogen-bond acceptors (Lipinski definition) is 1. The van der Waals surface area contributed by atoms with Crippen LogP contribution in [0.3, 0.4) is 0 Å². The standard InChI is InChI=1S/C23H28N2/c1-22(2)12-14-23(15-13-22)16-19-10-6-7-11-20(19)25-21(23)24-17-18-8-4-3-5-9-18/h3-11H,12-17H2,1-2H3,(H,24,25). The second-order valence-electron chi connectivity index (χ2n) is 8.55. The Morgan fingerprint density at radius 3 is 2.32 bits per heavy atom. The molecule has 2 aliphatic rings. The molecule has 1 heterocycles. The molecular formula is C23H28N2. The first-order valence-corrected chi connectivity index (χ1v) is 9.50. The smallest absolute Gasteiger partial charge is 0.108 e. The van der Waals surface area contributed by atoms with Crippen molar-refractivity contribution in [2.45, 2.75) is 52.5 Å². The number of amidine groups is 1. The van der Waals surface area contributed by atoms with Gasteiger partial charge < -0.3 is 5.32 Å². The van der Waals surface area contributed by atoms with Crippen LogP contribution in [0.2, 0.25) is 0 Å². The van der Waals surface area contributed by atoms with Crippen LogP contribution in [0.5, 0.6) is 0 Å². The number of rotatable bonds is 2. The van der Waals surface area contributed by atoms with Crippen molar-refractivity contribution in [3.8, 4) is 0 Å². The highest BCUT2D eigenvalue weighted by molar-refractivity contribution is 6.02. The SMILES string of the molecule is CC1(C)CCC2(CC1)Cc1ccccc1NC2=NCc1ccccc1. The predicted octanol–water partition coefficient (Wildman–Crippen LogP) is 5.84. The molecule has 2 heteroatoms. The number of nitrogens with zero attached hydrogens (tertiary/aromatic N) is 1. The molecule has 1 saturated carbocycles. The van der Waals surface area contributed by atoms with Crippen molar-refractivity contribution >= 4 is 11.5 Å². The number of hydrogen-bond donors (Lipinski definition) is 1. The zero-order valence-electron chi connectivity index (χ0n) is 15.4. The van der Waals surface area contributed by atoms with Crippen molar-refractivity contribution in [2.24, 2.45) is 15.8 Å². The van der Waals surface area contributed by atoms with Gasteiger partial charge in [-0.25, -0.2) is 0 Å². The molecule has 130 valence electrons. The Morgan fingerprint density at radius 2 is 1.56 bits per heavy atom. The molecule has 0 saturated heterocycles. The molecule has 2 nitrogen and oxygen atoms in total. The largest absolute Gasteiger partial charge is 0.343 e. The van der Waals surface area contributed by atoms with Crippen LogP contribution in [0.15, 0.2) is 59.6 Å². The maximum Gasteiger partial charge on any atom is 0.108 e. The zero-order valence-corrected chi connectivity index (χ0v) is 15.4. The first-order valence-electron chi connectivity index (χ1n) is 9.50. The van der Waals surface area contributed by atoms with E-state index in [0.717, 1.165) is 13.0 Å². The topological polar surface area (TPSA) is 24.4 Å². The van der Waals surface area contributed by atoms with Crippen molar-refractivity contribution in [3.05, 3.63) is 65.7 Å². The number of nitrogens with one attached hydrogen (secondary N) is 1. The highest BCUT2D eigenvalue weighted by Crippen LogP contribution is 2.50. The van der Waals surface area contributed by atoms with Gasteiger partial charge in [-0.15, -0.1) is 0 Å². The maximum atomic E-state index is 5.08. The van der Waals surface area contributed by atoms with Gasteiger partial charge in [0.05, 0.1) is 6.54 Å². The Balaban J connectivity index is 1.66. The Morgan fingerprint density at radius 1 is 0.880 bits per heavy atom. The molecule has 1 fully saturated rings. The molecule has 0 atom stereocenters. The number of para-hydroxylation sites is 1. The molecular weight excluding hydrogens is 304 g/mol. The molecule has 25 heavy (non-hydrogen) atoms. The van der Waals surface area contributed by atoms with Gasteiger partial charge in [0.1, 0.15) is 5.84 Å². The van der Waals surface area contributed by atoms with Crippen LogP contribution in [0.4, 0.5) is 5.69 Å². The summed E-state index contributed by atoms with van der Waals surface area (Å²) in [5.74, 6) is 1.21. The van der Waals surface area contributed by atoms with Crippen LogP contribution >= 0.6 is 0 Å². The van der Waals surface area contributed by atoms with Crippen LogP contribution in [0, 0.1) is 10.8 Å². The minimum atomic E-state index is 0.193. The minimum absolute atomic E-state index is 0.193. The fourth-order valence-electron chi connectivity index (χ4n) is 4.28. The van der Waals surface area contributed by atoms with E-state index in [-0.39, 0.29) is 5.41 Å². The van der Waals surface area contributed by atoms with E-state index in [1.807, 2.05) is 0 Å². The number of fused-ring (bicyclic) bond motifs is 1. The van der Waals surface area contributed by atoms with Crippen LogP contribution in [-0.2, 0) is 13.0 Å². The second-order valence-corrected chi connectivity index (χ2v) is 8.55. The summed E-state index contributed by atoms with van der Waals surface area (Å²) in [6, 6.07) is 19.3. The summed E-state index contributed by atoms with van der Waals surface area (Å²) in [6.07, 6.45) is 6.15. The van der Waals surface area contributed by atoms with Gasteiger partial charge in [0.2, 0.25) is 0 Å². The van der Waals surface area contributed by atoms with Gasteiger partial charge in [-0.2, -0.15) is 0 Å².